The van der Waals surface area contributed by atoms with E-state index < -0.39 is 42.0 Å². The topological polar surface area (TPSA) is 210 Å². The number of ether oxygens (including phenoxy) is 3. The van der Waals surface area contributed by atoms with Gasteiger partial charge in [0.15, 0.2) is 11.6 Å². The highest BCUT2D eigenvalue weighted by Crippen LogP contribution is 2.32. The SMILES string of the molecule is CC[C@H](C)[C@@H]([C@@H](CC(=O)N1CCC[C@H]1[C@H](OC)[C@@H](C)C(=O)C[C@@H](Cc1ccccc1)C(=O)N1CCOCC1)OC)N(C)C(=O)[C@@H](CC(=O)[C@H](C(C)C)N(C)CCCC(=O)CNC(=O)CCCCCN1C(=O)C=CC1=O)C(C)C. The molecule has 0 unspecified atom stereocenters. The molecule has 9 atom stereocenters. The molecule has 0 radical (unpaired) electrons. The van der Waals surface area contributed by atoms with Gasteiger partial charge in [0.05, 0.1) is 56.5 Å². The van der Waals surface area contributed by atoms with E-state index >= 15 is 0 Å². The Hall–Kier alpha value is -5.17. The molecule has 3 aliphatic rings. The number of hydrogen-bond acceptors (Lipinski definition) is 13. The van der Waals surface area contributed by atoms with Crippen LogP contribution in [-0.2, 0) is 63.8 Å². The summed E-state index contributed by atoms with van der Waals surface area (Å²) in [6, 6.07) is 8.32. The summed E-state index contributed by atoms with van der Waals surface area (Å²) in [6.07, 6.45) is 6.45. The number of hydrogen-bond donors (Lipinski definition) is 1. The summed E-state index contributed by atoms with van der Waals surface area (Å²) in [4.78, 5) is 129. The number of Topliss-reactive ketones (excluding diaryl/α,β-unsaturated/α-hetero) is 3. The summed E-state index contributed by atoms with van der Waals surface area (Å²) in [7, 11) is 6.72. The van der Waals surface area contributed by atoms with Crippen molar-refractivity contribution in [2.75, 3.05) is 80.8 Å². The van der Waals surface area contributed by atoms with E-state index in [1.54, 1.807) is 31.1 Å². The number of likely N-dealkylation sites (N-methyl/N-ethyl adjacent to an activating group) is 2. The number of morpholine rings is 1. The Kier molecular flexibility index (Phi) is 27.5. The summed E-state index contributed by atoms with van der Waals surface area (Å²) in [5.41, 5.74) is 0.975. The molecule has 6 amide bonds. The molecule has 2 saturated heterocycles. The zero-order valence-electron chi connectivity index (χ0n) is 48.9. The van der Waals surface area contributed by atoms with Gasteiger partial charge in [-0.1, -0.05) is 91.6 Å². The number of nitrogens with one attached hydrogen (secondary N) is 1. The lowest BCUT2D eigenvalue weighted by molar-refractivity contribution is -0.149. The van der Waals surface area contributed by atoms with Crippen molar-refractivity contribution in [2.24, 2.45) is 35.5 Å². The Bertz CT molecular complexity index is 2160. The predicted octanol–water partition coefficient (Wildman–Crippen LogP) is 5.72. The Morgan fingerprint density at radius 1 is 0.782 bits per heavy atom. The summed E-state index contributed by atoms with van der Waals surface area (Å²) in [6.45, 7) is 16.7. The van der Waals surface area contributed by atoms with Gasteiger partial charge in [0.1, 0.15) is 5.78 Å². The van der Waals surface area contributed by atoms with Crippen molar-refractivity contribution in [3.05, 3.63) is 48.0 Å². The summed E-state index contributed by atoms with van der Waals surface area (Å²) in [5.74, 6) is -3.78. The molecule has 0 aliphatic carbocycles. The molecule has 2 fully saturated rings. The van der Waals surface area contributed by atoms with Crippen LogP contribution in [0.4, 0.5) is 0 Å². The fraction of sp³-hybridized carbons (Fsp3) is 0.717. The number of carbonyl (C=O) groups is 9. The minimum atomic E-state index is -0.683. The second-order valence-electron chi connectivity index (χ2n) is 22.7. The standard InChI is InChI=1S/C60H94N6O12/c1-12-42(6)57(51(76-10)38-55(73)65-30-20-24-48(65)58(77-11)43(7)49(68)36-45(35-44-21-15-13-16-22-44)59(74)64-31-33-78-34-32-64)63(9)60(75)47(40(2)3)37-50(69)56(41(4)5)62(8)28-19-23-46(67)39-61-52(70)25-17-14-18-29-66-53(71)26-27-54(66)72/h13,15-16,21-22,26-27,40-43,45,47-48,51,56-58H,12,14,17-20,23-25,28-39H2,1-11H3,(H,61,70)/t42-,43-,45+,47-,48-,51+,56-,57-,58+/m0/s1. The van der Waals surface area contributed by atoms with Crippen LogP contribution in [0.2, 0.25) is 0 Å². The lowest BCUT2D eigenvalue weighted by Gasteiger charge is -2.41. The lowest BCUT2D eigenvalue weighted by atomic mass is 9.83. The molecule has 0 bridgehead atoms. The maximum Gasteiger partial charge on any atom is 0.253 e. The van der Waals surface area contributed by atoms with Crippen molar-refractivity contribution >= 4 is 52.8 Å². The average Bonchev–Trinajstić information content (AvgIpc) is 4.04. The third kappa shape index (κ3) is 19.0. The van der Waals surface area contributed by atoms with Gasteiger partial charge >= 0.3 is 0 Å². The fourth-order valence-electron chi connectivity index (χ4n) is 11.7. The van der Waals surface area contributed by atoms with Crippen LogP contribution in [0.15, 0.2) is 42.5 Å². The van der Waals surface area contributed by atoms with E-state index in [2.05, 4.69) is 5.32 Å². The minimum absolute atomic E-state index is 0.00759. The number of benzene rings is 1. The van der Waals surface area contributed by atoms with E-state index in [9.17, 15) is 43.2 Å². The van der Waals surface area contributed by atoms with Crippen molar-refractivity contribution in [3.8, 4) is 0 Å². The zero-order chi connectivity index (χ0) is 57.6. The third-order valence-corrected chi connectivity index (χ3v) is 16.4. The highest BCUT2D eigenvalue weighted by molar-refractivity contribution is 6.12. The molecule has 18 heteroatoms. The number of rotatable bonds is 35. The Morgan fingerprint density at radius 3 is 2.05 bits per heavy atom. The van der Waals surface area contributed by atoms with Gasteiger partial charge in [0.2, 0.25) is 23.6 Å². The molecule has 3 aliphatic heterocycles. The van der Waals surface area contributed by atoms with Gasteiger partial charge in [-0.3, -0.25) is 53.0 Å². The monoisotopic (exact) mass is 1090 g/mol. The molecule has 78 heavy (non-hydrogen) atoms. The number of imide groups is 1. The van der Waals surface area contributed by atoms with Crippen molar-refractivity contribution in [1.29, 1.82) is 0 Å². The summed E-state index contributed by atoms with van der Waals surface area (Å²) in [5, 5.41) is 2.69. The highest BCUT2D eigenvalue weighted by atomic mass is 16.5. The first kappa shape index (κ1) is 65.3. The largest absolute Gasteiger partial charge is 0.379 e. The van der Waals surface area contributed by atoms with E-state index in [0.29, 0.717) is 90.9 Å². The number of likely N-dealkylation sites (tertiary alicyclic amines) is 1. The molecule has 436 valence electrons. The number of carbonyl (C=O) groups excluding carboxylic acids is 9. The molecule has 1 aromatic rings. The molecule has 0 aromatic heterocycles. The van der Waals surface area contributed by atoms with Gasteiger partial charge in [-0.25, -0.2) is 0 Å². The molecular formula is C60H94N6O12. The highest BCUT2D eigenvalue weighted by Gasteiger charge is 2.44. The van der Waals surface area contributed by atoms with E-state index in [4.69, 9.17) is 14.2 Å². The molecule has 3 heterocycles. The Balaban J connectivity index is 1.34. The Labute approximate surface area is 465 Å². The van der Waals surface area contributed by atoms with Crippen LogP contribution >= 0.6 is 0 Å². The van der Waals surface area contributed by atoms with Crippen LogP contribution in [0.3, 0.4) is 0 Å². The number of amides is 6. The minimum Gasteiger partial charge on any atom is -0.379 e. The van der Waals surface area contributed by atoms with Gasteiger partial charge in [0.25, 0.3) is 11.8 Å². The van der Waals surface area contributed by atoms with E-state index in [1.807, 2.05) is 95.6 Å². The van der Waals surface area contributed by atoms with Gasteiger partial charge in [-0.05, 0) is 75.4 Å². The lowest BCUT2D eigenvalue weighted by Crippen LogP contribution is -2.54. The maximum atomic E-state index is 14.8. The average molecular weight is 1090 g/mol. The maximum absolute atomic E-state index is 14.8. The normalized spacial score (nSPS) is 18.9. The first-order valence-electron chi connectivity index (χ1n) is 28.7. The summed E-state index contributed by atoms with van der Waals surface area (Å²) < 4.78 is 17.7. The Morgan fingerprint density at radius 2 is 1.45 bits per heavy atom. The van der Waals surface area contributed by atoms with Gasteiger partial charge in [-0.15, -0.1) is 0 Å². The second-order valence-corrected chi connectivity index (χ2v) is 22.7. The van der Waals surface area contributed by atoms with E-state index in [1.165, 1.54) is 17.1 Å². The predicted molar refractivity (Wildman–Crippen MR) is 298 cm³/mol. The fourth-order valence-corrected chi connectivity index (χ4v) is 11.7. The molecule has 0 saturated carbocycles. The zero-order valence-corrected chi connectivity index (χ0v) is 48.9. The third-order valence-electron chi connectivity index (χ3n) is 16.4. The van der Waals surface area contributed by atoms with E-state index in [-0.39, 0.29) is 115 Å². The van der Waals surface area contributed by atoms with E-state index in [0.717, 1.165) is 12.0 Å². The molecule has 1 N–H and O–H groups in total. The number of ketones is 3. The van der Waals surface area contributed by atoms with Crippen LogP contribution in [0.25, 0.3) is 0 Å². The number of nitrogens with zero attached hydrogens (tertiary/aromatic N) is 5. The molecule has 18 nitrogen and oxygen atoms in total. The van der Waals surface area contributed by atoms with Crippen molar-refractivity contribution < 1.29 is 57.4 Å². The van der Waals surface area contributed by atoms with Crippen LogP contribution in [-0.4, -0.2) is 188 Å². The van der Waals surface area contributed by atoms with Crippen LogP contribution in [0.5, 0.6) is 0 Å². The smallest absolute Gasteiger partial charge is 0.253 e. The summed E-state index contributed by atoms with van der Waals surface area (Å²) >= 11 is 0. The first-order chi connectivity index (χ1) is 37.1. The number of methoxy groups -OCH3 is 2. The molecule has 4 rings (SSSR count). The second kappa shape index (κ2) is 32.8. The van der Waals surface area contributed by atoms with Crippen molar-refractivity contribution in [3.63, 3.8) is 0 Å². The molecule has 0 spiro atoms. The van der Waals surface area contributed by atoms with Gasteiger partial charge < -0.3 is 34.2 Å². The van der Waals surface area contributed by atoms with Crippen LogP contribution in [0, 0.1) is 35.5 Å². The quantitative estimate of drug-likeness (QED) is 0.0638. The molecule has 1 aromatic carbocycles. The number of unbranched alkanes of at least 4 members (excludes halogenated alkanes) is 2. The van der Waals surface area contributed by atoms with Gasteiger partial charge in [0, 0.05) is 103 Å². The van der Waals surface area contributed by atoms with Crippen molar-refractivity contribution in [2.45, 2.75) is 162 Å². The first-order valence-corrected chi connectivity index (χ1v) is 28.7. The van der Waals surface area contributed by atoms with Crippen LogP contribution in [0.1, 0.15) is 131 Å². The van der Waals surface area contributed by atoms with Crippen LogP contribution < -0.4 is 5.32 Å². The molecular weight excluding hydrogens is 997 g/mol. The van der Waals surface area contributed by atoms with Gasteiger partial charge in [-0.2, -0.15) is 0 Å². The van der Waals surface area contributed by atoms with Crippen molar-refractivity contribution in [1.82, 2.24) is 29.8 Å².